The second-order valence-corrected chi connectivity index (χ2v) is 6.22. The number of hydrogen-bond donors (Lipinski definition) is 2. The van der Waals surface area contributed by atoms with Gasteiger partial charge in [0.25, 0.3) is 5.56 Å². The zero-order valence-electron chi connectivity index (χ0n) is 13.2. The van der Waals surface area contributed by atoms with Crippen LogP contribution in [0.5, 0.6) is 0 Å². The fourth-order valence-electron chi connectivity index (χ4n) is 2.68. The maximum Gasteiger partial charge on any atom is 0.258 e. The van der Waals surface area contributed by atoms with E-state index in [9.17, 15) is 9.18 Å². The van der Waals surface area contributed by atoms with Crippen LogP contribution in [0.15, 0.2) is 39.9 Å². The number of benzene rings is 1. The first-order chi connectivity index (χ1) is 11.5. The van der Waals surface area contributed by atoms with Crippen molar-refractivity contribution in [1.29, 1.82) is 0 Å². The Morgan fingerprint density at radius 1 is 1.38 bits per heavy atom. The van der Waals surface area contributed by atoms with Crippen molar-refractivity contribution in [1.82, 2.24) is 9.55 Å². The molecule has 0 saturated heterocycles. The number of aromatic nitrogens is 2. The monoisotopic (exact) mass is 390 g/mol. The maximum atomic E-state index is 13.6. The molecule has 0 bridgehead atoms. The highest BCUT2D eigenvalue weighted by atomic mass is 79.9. The predicted octanol–water partition coefficient (Wildman–Crippen LogP) is 3.47. The van der Waals surface area contributed by atoms with Crippen LogP contribution in [0, 0.1) is 5.82 Å². The summed E-state index contributed by atoms with van der Waals surface area (Å²) in [6, 6.07) is 4.56. The first-order valence-electron chi connectivity index (χ1n) is 7.43. The summed E-state index contributed by atoms with van der Waals surface area (Å²) in [6.45, 7) is 1.92. The fourth-order valence-corrected chi connectivity index (χ4v) is 3.19. The van der Waals surface area contributed by atoms with E-state index in [1.54, 1.807) is 19.4 Å². The van der Waals surface area contributed by atoms with E-state index in [0.717, 1.165) is 10.8 Å². The number of nitrogens with zero attached hydrogens (tertiary/aromatic N) is 2. The number of fused-ring (bicyclic) bond motifs is 1. The summed E-state index contributed by atoms with van der Waals surface area (Å²) in [6.07, 6.45) is 3.97. The maximum absolute atomic E-state index is 13.6. The van der Waals surface area contributed by atoms with Gasteiger partial charge in [-0.3, -0.25) is 9.36 Å². The first-order valence-corrected chi connectivity index (χ1v) is 8.22. The van der Waals surface area contributed by atoms with Gasteiger partial charge in [0.05, 0.1) is 11.4 Å². The van der Waals surface area contributed by atoms with Crippen molar-refractivity contribution < 1.29 is 4.39 Å². The van der Waals surface area contributed by atoms with E-state index in [1.165, 1.54) is 16.7 Å². The lowest BCUT2D eigenvalue weighted by molar-refractivity contribution is 0.631. The van der Waals surface area contributed by atoms with Crippen molar-refractivity contribution in [3.8, 4) is 5.69 Å². The van der Waals surface area contributed by atoms with Gasteiger partial charge in [-0.15, -0.1) is 0 Å². The molecule has 0 saturated carbocycles. The molecule has 1 aromatic carbocycles. The zero-order valence-corrected chi connectivity index (χ0v) is 14.8. The van der Waals surface area contributed by atoms with Crippen molar-refractivity contribution in [2.24, 2.45) is 0 Å². The van der Waals surface area contributed by atoms with Gasteiger partial charge in [-0.05, 0) is 45.9 Å². The third kappa shape index (κ3) is 2.65. The SMILES string of the molecule is CCc1c(=O)n(-c2cc(N)c(F)cc2Br)cc2cnc(NC)cc12. The molecule has 3 aromatic rings. The van der Waals surface area contributed by atoms with Gasteiger partial charge >= 0.3 is 0 Å². The van der Waals surface area contributed by atoms with Crippen LogP contribution in [0.25, 0.3) is 16.5 Å². The molecule has 0 spiro atoms. The summed E-state index contributed by atoms with van der Waals surface area (Å²) in [4.78, 5) is 17.2. The zero-order chi connectivity index (χ0) is 17.4. The minimum Gasteiger partial charge on any atom is -0.396 e. The molecule has 0 atom stereocenters. The normalized spacial score (nSPS) is 11.0. The number of nitrogens with one attached hydrogen (secondary N) is 1. The minimum absolute atomic E-state index is 0.0121. The number of aryl methyl sites for hydroxylation is 1. The Labute approximate surface area is 146 Å². The van der Waals surface area contributed by atoms with Crippen molar-refractivity contribution in [3.05, 3.63) is 56.8 Å². The molecule has 0 aliphatic heterocycles. The van der Waals surface area contributed by atoms with Gasteiger partial charge in [0.2, 0.25) is 0 Å². The van der Waals surface area contributed by atoms with Crippen molar-refractivity contribution in [2.45, 2.75) is 13.3 Å². The summed E-state index contributed by atoms with van der Waals surface area (Å²) in [5.74, 6) is 0.164. The van der Waals surface area contributed by atoms with Gasteiger partial charge in [-0.2, -0.15) is 0 Å². The summed E-state index contributed by atoms with van der Waals surface area (Å²) in [5, 5.41) is 4.64. The Balaban J connectivity index is 2.36. The second kappa shape index (κ2) is 6.24. The molecule has 2 heterocycles. The van der Waals surface area contributed by atoms with E-state index in [4.69, 9.17) is 5.73 Å². The molecule has 124 valence electrons. The number of nitrogen functional groups attached to an aromatic ring is 1. The quantitative estimate of drug-likeness (QED) is 0.671. The van der Waals surface area contributed by atoms with E-state index < -0.39 is 5.82 Å². The Kier molecular flexibility index (Phi) is 4.28. The Hall–Kier alpha value is -2.41. The van der Waals surface area contributed by atoms with Crippen LogP contribution in [0.4, 0.5) is 15.9 Å². The number of pyridine rings is 2. The molecule has 2 aromatic heterocycles. The molecule has 3 rings (SSSR count). The number of hydrogen-bond acceptors (Lipinski definition) is 4. The van der Waals surface area contributed by atoms with Gasteiger partial charge in [-0.25, -0.2) is 9.37 Å². The van der Waals surface area contributed by atoms with Crippen LogP contribution in [0.1, 0.15) is 12.5 Å². The molecule has 0 aliphatic carbocycles. The predicted molar refractivity (Wildman–Crippen MR) is 98.3 cm³/mol. The van der Waals surface area contributed by atoms with Gasteiger partial charge in [-0.1, -0.05) is 6.92 Å². The Morgan fingerprint density at radius 3 is 2.79 bits per heavy atom. The molecule has 0 unspecified atom stereocenters. The highest BCUT2D eigenvalue weighted by Gasteiger charge is 2.14. The summed E-state index contributed by atoms with van der Waals surface area (Å²) in [5.41, 5.74) is 6.65. The lowest BCUT2D eigenvalue weighted by atomic mass is 10.1. The average molecular weight is 391 g/mol. The van der Waals surface area contributed by atoms with Gasteiger partial charge in [0.15, 0.2) is 0 Å². The van der Waals surface area contributed by atoms with Crippen LogP contribution in [-0.4, -0.2) is 16.6 Å². The highest BCUT2D eigenvalue weighted by molar-refractivity contribution is 9.10. The molecule has 0 amide bonds. The smallest absolute Gasteiger partial charge is 0.258 e. The van der Waals surface area contributed by atoms with E-state index >= 15 is 0 Å². The molecule has 24 heavy (non-hydrogen) atoms. The molecular formula is C17H16BrFN4O. The number of halogens is 2. The summed E-state index contributed by atoms with van der Waals surface area (Å²) in [7, 11) is 1.78. The molecule has 0 aliphatic rings. The van der Waals surface area contributed by atoms with E-state index in [-0.39, 0.29) is 11.2 Å². The summed E-state index contributed by atoms with van der Waals surface area (Å²) >= 11 is 3.30. The van der Waals surface area contributed by atoms with Crippen molar-refractivity contribution in [2.75, 3.05) is 18.1 Å². The van der Waals surface area contributed by atoms with E-state index in [0.29, 0.717) is 28.0 Å². The van der Waals surface area contributed by atoms with Gasteiger partial charge in [0, 0.05) is 34.9 Å². The highest BCUT2D eigenvalue weighted by Crippen LogP contribution is 2.27. The number of nitrogens with two attached hydrogens (primary N) is 1. The standard InChI is InChI=1S/C17H16BrFN4O/c1-3-10-11-4-16(21-2)22-7-9(11)8-23(17(10)24)15-6-14(20)13(19)5-12(15)18/h4-8,21H,3,20H2,1-2H3. The van der Waals surface area contributed by atoms with E-state index in [1.807, 2.05) is 13.0 Å². The molecular weight excluding hydrogens is 375 g/mol. The van der Waals surface area contributed by atoms with Crippen molar-refractivity contribution >= 4 is 38.2 Å². The second-order valence-electron chi connectivity index (χ2n) is 5.37. The summed E-state index contributed by atoms with van der Waals surface area (Å²) < 4.78 is 15.5. The van der Waals surface area contributed by atoms with Gasteiger partial charge in [0.1, 0.15) is 11.6 Å². The molecule has 7 heteroatoms. The van der Waals surface area contributed by atoms with Crippen molar-refractivity contribution in [3.63, 3.8) is 0 Å². The molecule has 0 fully saturated rings. The van der Waals surface area contributed by atoms with Crippen LogP contribution >= 0.6 is 15.9 Å². The molecule has 3 N–H and O–H groups in total. The Morgan fingerprint density at radius 2 is 2.12 bits per heavy atom. The van der Waals surface area contributed by atoms with Crippen LogP contribution < -0.4 is 16.6 Å². The Bertz CT molecular complexity index is 1000. The molecule has 0 radical (unpaired) electrons. The van der Waals surface area contributed by atoms with Gasteiger partial charge < -0.3 is 11.1 Å². The topological polar surface area (TPSA) is 72.9 Å². The minimum atomic E-state index is -0.532. The van der Waals surface area contributed by atoms with E-state index in [2.05, 4.69) is 26.2 Å². The molecule has 5 nitrogen and oxygen atoms in total. The average Bonchev–Trinajstić information content (AvgIpc) is 2.57. The number of anilines is 2. The van der Waals surface area contributed by atoms with Crippen LogP contribution in [-0.2, 0) is 6.42 Å². The number of rotatable bonds is 3. The third-order valence-corrected chi connectivity index (χ3v) is 4.58. The third-order valence-electron chi connectivity index (χ3n) is 3.94. The lowest BCUT2D eigenvalue weighted by Crippen LogP contribution is -2.22. The lowest BCUT2D eigenvalue weighted by Gasteiger charge is -2.14. The van der Waals surface area contributed by atoms with Crippen LogP contribution in [0.3, 0.4) is 0 Å². The first kappa shape index (κ1) is 16.4. The fraction of sp³-hybridized carbons (Fsp3) is 0.176. The van der Waals surface area contributed by atoms with Crippen LogP contribution in [0.2, 0.25) is 0 Å². The largest absolute Gasteiger partial charge is 0.396 e.